The van der Waals surface area contributed by atoms with Crippen LogP contribution in [0.3, 0.4) is 0 Å². The first-order valence-electron chi connectivity index (χ1n) is 5.00. The molecule has 1 aliphatic rings. The van der Waals surface area contributed by atoms with Crippen LogP contribution in [-0.4, -0.2) is 5.78 Å². The van der Waals surface area contributed by atoms with E-state index in [0.29, 0.717) is 11.7 Å². The van der Waals surface area contributed by atoms with Gasteiger partial charge in [0.1, 0.15) is 5.78 Å². The average molecular weight is 168 g/mol. The Labute approximate surface area is 75.5 Å². The van der Waals surface area contributed by atoms with E-state index in [0.717, 1.165) is 19.3 Å². The van der Waals surface area contributed by atoms with E-state index in [4.69, 9.17) is 0 Å². The molecule has 1 heteroatoms. The van der Waals surface area contributed by atoms with Gasteiger partial charge in [0.15, 0.2) is 0 Å². The van der Waals surface area contributed by atoms with Crippen LogP contribution in [-0.2, 0) is 4.79 Å². The number of ketones is 1. The summed E-state index contributed by atoms with van der Waals surface area (Å²) in [4.78, 5) is 11.8. The summed E-state index contributed by atoms with van der Waals surface area (Å²) in [6.45, 7) is 8.54. The molecule has 0 aliphatic heterocycles. The third-order valence-corrected chi connectivity index (χ3v) is 2.87. The quantitative estimate of drug-likeness (QED) is 0.630. The van der Waals surface area contributed by atoms with Gasteiger partial charge in [0.2, 0.25) is 0 Å². The van der Waals surface area contributed by atoms with E-state index in [2.05, 4.69) is 27.7 Å². The maximum absolute atomic E-state index is 11.8. The minimum atomic E-state index is 0.0777. The highest BCUT2D eigenvalue weighted by atomic mass is 16.1. The Hall–Kier alpha value is -0.330. The Morgan fingerprint density at radius 2 is 1.83 bits per heavy atom. The van der Waals surface area contributed by atoms with E-state index >= 15 is 0 Å². The maximum atomic E-state index is 11.8. The number of Topliss-reactive ketones (excluding diaryl/α,β-unsaturated/α-hetero) is 1. The van der Waals surface area contributed by atoms with Gasteiger partial charge in [-0.2, -0.15) is 0 Å². The Bertz CT molecular complexity index is 177. The molecule has 1 nitrogen and oxygen atoms in total. The summed E-state index contributed by atoms with van der Waals surface area (Å²) >= 11 is 0. The lowest BCUT2D eigenvalue weighted by Gasteiger charge is -2.16. The molecule has 0 spiro atoms. The van der Waals surface area contributed by atoms with E-state index in [1.807, 2.05) is 0 Å². The zero-order chi connectivity index (χ0) is 9.35. The molecule has 0 aromatic rings. The molecule has 1 aliphatic carbocycles. The average Bonchev–Trinajstić information content (AvgIpc) is 2.66. The number of hydrogen-bond donors (Lipinski definition) is 0. The van der Waals surface area contributed by atoms with Crippen LogP contribution in [0.2, 0.25) is 0 Å². The van der Waals surface area contributed by atoms with Crippen LogP contribution < -0.4 is 0 Å². The molecule has 0 unspecified atom stereocenters. The molecular weight excluding hydrogens is 148 g/mol. The molecular formula is C11H20O. The van der Waals surface area contributed by atoms with Gasteiger partial charge in [0.25, 0.3) is 0 Å². The molecule has 1 fully saturated rings. The van der Waals surface area contributed by atoms with Crippen LogP contribution in [0.1, 0.15) is 47.0 Å². The van der Waals surface area contributed by atoms with Crippen molar-refractivity contribution in [1.82, 2.24) is 0 Å². The summed E-state index contributed by atoms with van der Waals surface area (Å²) < 4.78 is 0. The summed E-state index contributed by atoms with van der Waals surface area (Å²) in [5.41, 5.74) is 0.0777. The van der Waals surface area contributed by atoms with Crippen molar-refractivity contribution in [2.75, 3.05) is 0 Å². The van der Waals surface area contributed by atoms with Gasteiger partial charge in [0.05, 0.1) is 0 Å². The van der Waals surface area contributed by atoms with Crippen molar-refractivity contribution >= 4 is 5.78 Å². The molecule has 12 heavy (non-hydrogen) atoms. The van der Waals surface area contributed by atoms with Crippen molar-refractivity contribution in [2.45, 2.75) is 47.0 Å². The predicted octanol–water partition coefficient (Wildman–Crippen LogP) is 3.04. The normalized spacial score (nSPS) is 22.4. The maximum Gasteiger partial charge on any atom is 0.141 e. The molecule has 1 atom stereocenters. The Morgan fingerprint density at radius 1 is 1.33 bits per heavy atom. The van der Waals surface area contributed by atoms with Crippen LogP contribution in [0.15, 0.2) is 0 Å². The highest BCUT2D eigenvalue weighted by Gasteiger charge is 2.45. The van der Waals surface area contributed by atoms with Crippen molar-refractivity contribution in [2.24, 2.45) is 17.3 Å². The molecule has 0 bridgehead atoms. The second-order valence-electron chi connectivity index (χ2n) is 4.96. The van der Waals surface area contributed by atoms with Crippen molar-refractivity contribution in [3.63, 3.8) is 0 Å². The monoisotopic (exact) mass is 168 g/mol. The first kappa shape index (κ1) is 9.76. The van der Waals surface area contributed by atoms with Crippen LogP contribution in [0.25, 0.3) is 0 Å². The summed E-state index contributed by atoms with van der Waals surface area (Å²) in [6.07, 6.45) is 3.29. The number of carbonyl (C=O) groups excluding carboxylic acids is 1. The number of carbonyl (C=O) groups is 1. The minimum Gasteiger partial charge on any atom is -0.299 e. The Morgan fingerprint density at radius 3 is 2.17 bits per heavy atom. The second kappa shape index (κ2) is 3.20. The van der Waals surface area contributed by atoms with Crippen LogP contribution in [0.5, 0.6) is 0 Å². The number of rotatable bonds is 4. The van der Waals surface area contributed by atoms with Gasteiger partial charge >= 0.3 is 0 Å². The Kier molecular flexibility index (Phi) is 2.60. The zero-order valence-corrected chi connectivity index (χ0v) is 8.68. The van der Waals surface area contributed by atoms with Gasteiger partial charge < -0.3 is 0 Å². The van der Waals surface area contributed by atoms with E-state index in [9.17, 15) is 4.79 Å². The van der Waals surface area contributed by atoms with Crippen molar-refractivity contribution in [3.05, 3.63) is 0 Å². The molecule has 0 aromatic carbocycles. The van der Waals surface area contributed by atoms with Gasteiger partial charge in [-0.05, 0) is 25.2 Å². The van der Waals surface area contributed by atoms with Gasteiger partial charge in [0, 0.05) is 11.3 Å². The summed E-state index contributed by atoms with van der Waals surface area (Å²) in [5.74, 6) is 1.42. The fourth-order valence-corrected chi connectivity index (χ4v) is 1.84. The topological polar surface area (TPSA) is 17.1 Å². The van der Waals surface area contributed by atoms with Gasteiger partial charge in [-0.3, -0.25) is 4.79 Å². The van der Waals surface area contributed by atoms with Crippen LogP contribution in [0, 0.1) is 17.3 Å². The highest BCUT2D eigenvalue weighted by Crippen LogP contribution is 2.48. The largest absolute Gasteiger partial charge is 0.299 e. The standard InChI is InChI=1S/C11H20O/c1-8(2)7-9(3)10(12)11(4)5-6-11/h8-9H,5-7H2,1-4H3/t9-/m0/s1. The first-order chi connectivity index (χ1) is 5.46. The SMILES string of the molecule is CC(C)C[C@H](C)C(=O)C1(C)CC1. The van der Waals surface area contributed by atoms with Crippen molar-refractivity contribution < 1.29 is 4.79 Å². The molecule has 70 valence electrons. The zero-order valence-electron chi connectivity index (χ0n) is 8.68. The molecule has 0 heterocycles. The molecule has 0 amide bonds. The smallest absolute Gasteiger partial charge is 0.141 e. The van der Waals surface area contributed by atoms with E-state index in [1.54, 1.807) is 0 Å². The first-order valence-corrected chi connectivity index (χ1v) is 5.00. The third-order valence-electron chi connectivity index (χ3n) is 2.87. The van der Waals surface area contributed by atoms with E-state index in [1.165, 1.54) is 0 Å². The fraction of sp³-hybridized carbons (Fsp3) is 0.909. The lowest BCUT2D eigenvalue weighted by molar-refractivity contribution is -0.127. The van der Waals surface area contributed by atoms with Crippen LogP contribution in [0.4, 0.5) is 0 Å². The molecule has 1 rings (SSSR count). The fourth-order valence-electron chi connectivity index (χ4n) is 1.84. The minimum absolute atomic E-state index is 0.0777. The van der Waals surface area contributed by atoms with Crippen molar-refractivity contribution in [1.29, 1.82) is 0 Å². The molecule has 1 saturated carbocycles. The molecule has 0 saturated heterocycles. The predicted molar refractivity (Wildman–Crippen MR) is 51.0 cm³/mol. The summed E-state index contributed by atoms with van der Waals surface area (Å²) in [7, 11) is 0. The van der Waals surface area contributed by atoms with Crippen LogP contribution >= 0.6 is 0 Å². The summed E-state index contributed by atoms with van der Waals surface area (Å²) in [5, 5.41) is 0. The van der Waals surface area contributed by atoms with Gasteiger partial charge in [-0.1, -0.05) is 27.7 Å². The highest BCUT2D eigenvalue weighted by molar-refractivity contribution is 5.88. The number of hydrogen-bond acceptors (Lipinski definition) is 1. The van der Waals surface area contributed by atoms with Gasteiger partial charge in [-0.25, -0.2) is 0 Å². The molecule has 0 N–H and O–H groups in total. The Balaban J connectivity index is 2.42. The van der Waals surface area contributed by atoms with E-state index in [-0.39, 0.29) is 11.3 Å². The third kappa shape index (κ3) is 2.09. The second-order valence-corrected chi connectivity index (χ2v) is 4.96. The lowest BCUT2D eigenvalue weighted by atomic mass is 9.87. The lowest BCUT2D eigenvalue weighted by Crippen LogP contribution is -2.21. The van der Waals surface area contributed by atoms with Crippen molar-refractivity contribution in [3.8, 4) is 0 Å². The van der Waals surface area contributed by atoms with E-state index < -0.39 is 0 Å². The molecule has 0 radical (unpaired) electrons. The molecule has 0 aromatic heterocycles. The summed E-state index contributed by atoms with van der Waals surface area (Å²) in [6, 6.07) is 0. The van der Waals surface area contributed by atoms with Gasteiger partial charge in [-0.15, -0.1) is 0 Å².